The zero-order valence-corrected chi connectivity index (χ0v) is 16.7. The number of amides is 1. The van der Waals surface area contributed by atoms with Gasteiger partial charge in [-0.25, -0.2) is 17.1 Å². The summed E-state index contributed by atoms with van der Waals surface area (Å²) in [5.41, 5.74) is 1.88. The topological polar surface area (TPSA) is 66.5 Å². The second-order valence-electron chi connectivity index (χ2n) is 7.22. The van der Waals surface area contributed by atoms with Crippen LogP contribution in [0.15, 0.2) is 54.6 Å². The molecule has 0 radical (unpaired) electrons. The Labute approximate surface area is 165 Å². The molecule has 0 saturated carbocycles. The van der Waals surface area contributed by atoms with Gasteiger partial charge in [0.1, 0.15) is 5.82 Å². The molecule has 0 aliphatic carbocycles. The predicted octanol–water partition coefficient (Wildman–Crippen LogP) is 2.89. The van der Waals surface area contributed by atoms with E-state index in [1.807, 2.05) is 30.3 Å². The van der Waals surface area contributed by atoms with Crippen LogP contribution in [0, 0.1) is 5.82 Å². The minimum Gasteiger partial charge on any atom is -0.353 e. The highest BCUT2D eigenvalue weighted by molar-refractivity contribution is 7.88. The highest BCUT2D eigenvalue weighted by Crippen LogP contribution is 2.28. The van der Waals surface area contributed by atoms with Crippen LogP contribution in [0.5, 0.6) is 0 Å². The van der Waals surface area contributed by atoms with Gasteiger partial charge in [0.05, 0.1) is 6.26 Å². The molecule has 1 saturated heterocycles. The first-order chi connectivity index (χ1) is 13.3. The lowest BCUT2D eigenvalue weighted by molar-refractivity contribution is -0.122. The summed E-state index contributed by atoms with van der Waals surface area (Å²) < 4.78 is 38.0. The van der Waals surface area contributed by atoms with Crippen molar-refractivity contribution >= 4 is 15.9 Å². The molecule has 1 atom stereocenters. The summed E-state index contributed by atoms with van der Waals surface area (Å²) >= 11 is 0. The zero-order valence-electron chi connectivity index (χ0n) is 15.8. The van der Waals surface area contributed by atoms with Gasteiger partial charge >= 0.3 is 0 Å². The van der Waals surface area contributed by atoms with Gasteiger partial charge in [0.15, 0.2) is 0 Å². The number of benzene rings is 2. The first-order valence-corrected chi connectivity index (χ1v) is 11.2. The Morgan fingerprint density at radius 3 is 2.21 bits per heavy atom. The van der Waals surface area contributed by atoms with Gasteiger partial charge in [0.25, 0.3) is 0 Å². The first-order valence-electron chi connectivity index (χ1n) is 9.38. The van der Waals surface area contributed by atoms with E-state index in [1.165, 1.54) is 22.7 Å². The maximum Gasteiger partial charge on any atom is 0.221 e. The molecular weight excluding hydrogens is 379 g/mol. The minimum absolute atomic E-state index is 0.0323. The van der Waals surface area contributed by atoms with E-state index >= 15 is 0 Å². The number of nitrogens with one attached hydrogen (secondary N) is 1. The summed E-state index contributed by atoms with van der Waals surface area (Å²) in [4.78, 5) is 12.7. The molecule has 2 aromatic rings. The van der Waals surface area contributed by atoms with Crippen LogP contribution in [0.25, 0.3) is 0 Å². The number of hydrogen-bond donors (Lipinski definition) is 1. The Morgan fingerprint density at radius 2 is 1.64 bits per heavy atom. The van der Waals surface area contributed by atoms with E-state index in [-0.39, 0.29) is 30.1 Å². The fourth-order valence-corrected chi connectivity index (χ4v) is 4.49. The summed E-state index contributed by atoms with van der Waals surface area (Å²) in [5, 5.41) is 3.04. The summed E-state index contributed by atoms with van der Waals surface area (Å²) in [7, 11) is -3.18. The van der Waals surface area contributed by atoms with E-state index in [9.17, 15) is 17.6 Å². The molecule has 1 amide bonds. The van der Waals surface area contributed by atoms with Crippen LogP contribution in [-0.2, 0) is 14.8 Å². The lowest BCUT2D eigenvalue weighted by Crippen LogP contribution is -2.46. The Hall–Kier alpha value is -2.25. The van der Waals surface area contributed by atoms with Crippen molar-refractivity contribution in [2.24, 2.45) is 0 Å². The fourth-order valence-electron chi connectivity index (χ4n) is 3.61. The maximum atomic E-state index is 13.3. The van der Waals surface area contributed by atoms with Gasteiger partial charge in [0, 0.05) is 31.5 Å². The molecule has 1 unspecified atom stereocenters. The molecule has 1 N–H and O–H groups in total. The number of hydrogen-bond acceptors (Lipinski definition) is 3. The van der Waals surface area contributed by atoms with E-state index < -0.39 is 10.0 Å². The second kappa shape index (κ2) is 8.84. The van der Waals surface area contributed by atoms with Gasteiger partial charge in [0.2, 0.25) is 15.9 Å². The summed E-state index contributed by atoms with van der Waals surface area (Å²) in [6.45, 7) is 0.841. The van der Waals surface area contributed by atoms with Gasteiger partial charge in [-0.05, 0) is 36.1 Å². The van der Waals surface area contributed by atoms with E-state index in [2.05, 4.69) is 5.32 Å². The van der Waals surface area contributed by atoms with Gasteiger partial charge in [-0.1, -0.05) is 42.5 Å². The zero-order chi connectivity index (χ0) is 20.1. The Bertz CT molecular complexity index is 893. The van der Waals surface area contributed by atoms with Crippen molar-refractivity contribution in [1.82, 2.24) is 9.62 Å². The van der Waals surface area contributed by atoms with Crippen LogP contribution in [0.3, 0.4) is 0 Å². The molecule has 1 fully saturated rings. The number of carbonyl (C=O) groups is 1. The van der Waals surface area contributed by atoms with Crippen molar-refractivity contribution in [3.63, 3.8) is 0 Å². The molecule has 0 aromatic heterocycles. The molecular formula is C21H25FN2O3S. The summed E-state index contributed by atoms with van der Waals surface area (Å²) in [6.07, 6.45) is 2.66. The van der Waals surface area contributed by atoms with Crippen molar-refractivity contribution in [3.8, 4) is 0 Å². The molecule has 28 heavy (non-hydrogen) atoms. The number of sulfonamides is 1. The van der Waals surface area contributed by atoms with E-state index in [0.717, 1.165) is 11.1 Å². The molecule has 3 rings (SSSR count). The van der Waals surface area contributed by atoms with Gasteiger partial charge in [-0.15, -0.1) is 0 Å². The molecule has 1 aliphatic rings. The highest BCUT2D eigenvalue weighted by atomic mass is 32.2. The average Bonchev–Trinajstić information content (AvgIpc) is 2.67. The molecule has 150 valence electrons. The highest BCUT2D eigenvalue weighted by Gasteiger charge is 2.26. The van der Waals surface area contributed by atoms with Gasteiger partial charge in [-0.2, -0.15) is 0 Å². The van der Waals surface area contributed by atoms with Crippen LogP contribution in [-0.4, -0.2) is 44.0 Å². The number of piperidine rings is 1. The van der Waals surface area contributed by atoms with Crippen molar-refractivity contribution in [3.05, 3.63) is 71.5 Å². The predicted molar refractivity (Wildman–Crippen MR) is 107 cm³/mol. The van der Waals surface area contributed by atoms with Crippen LogP contribution in [0.1, 0.15) is 36.3 Å². The third-order valence-electron chi connectivity index (χ3n) is 5.15. The maximum absolute atomic E-state index is 13.3. The monoisotopic (exact) mass is 404 g/mol. The van der Waals surface area contributed by atoms with E-state index in [0.29, 0.717) is 25.9 Å². The van der Waals surface area contributed by atoms with Crippen molar-refractivity contribution < 1.29 is 17.6 Å². The normalized spacial score (nSPS) is 17.2. The molecule has 7 heteroatoms. The number of halogens is 1. The van der Waals surface area contributed by atoms with Crippen LogP contribution in [0.2, 0.25) is 0 Å². The van der Waals surface area contributed by atoms with Crippen LogP contribution in [0.4, 0.5) is 4.39 Å². The smallest absolute Gasteiger partial charge is 0.221 e. The fraction of sp³-hybridized carbons (Fsp3) is 0.381. The van der Waals surface area contributed by atoms with E-state index in [4.69, 9.17) is 0 Å². The Morgan fingerprint density at radius 1 is 1.07 bits per heavy atom. The molecule has 2 aromatic carbocycles. The standard InChI is InChI=1S/C21H25FN2O3S/c1-28(26,27)24-13-11-19(12-14-24)23-21(25)15-20(16-5-3-2-4-6-16)17-7-9-18(22)10-8-17/h2-10,19-20H,11-15H2,1H3,(H,23,25). The Kier molecular flexibility index (Phi) is 6.46. The summed E-state index contributed by atoms with van der Waals surface area (Å²) in [5.74, 6) is -0.563. The average molecular weight is 405 g/mol. The quantitative estimate of drug-likeness (QED) is 0.805. The summed E-state index contributed by atoms with van der Waals surface area (Å²) in [6, 6.07) is 15.9. The SMILES string of the molecule is CS(=O)(=O)N1CCC(NC(=O)CC(c2ccccc2)c2ccc(F)cc2)CC1. The number of carbonyl (C=O) groups excluding carboxylic acids is 1. The molecule has 1 aliphatic heterocycles. The van der Waals surface area contributed by atoms with Crippen molar-refractivity contribution in [2.75, 3.05) is 19.3 Å². The first kappa shape index (κ1) is 20.5. The molecule has 0 bridgehead atoms. The largest absolute Gasteiger partial charge is 0.353 e. The van der Waals surface area contributed by atoms with Gasteiger partial charge in [-0.3, -0.25) is 4.79 Å². The lowest BCUT2D eigenvalue weighted by Gasteiger charge is -2.31. The third-order valence-corrected chi connectivity index (χ3v) is 6.46. The number of nitrogens with zero attached hydrogens (tertiary/aromatic N) is 1. The molecule has 1 heterocycles. The second-order valence-corrected chi connectivity index (χ2v) is 9.21. The molecule has 5 nitrogen and oxygen atoms in total. The lowest BCUT2D eigenvalue weighted by atomic mass is 9.88. The van der Waals surface area contributed by atoms with Crippen LogP contribution >= 0.6 is 0 Å². The Balaban J connectivity index is 1.66. The number of rotatable bonds is 6. The third kappa shape index (κ3) is 5.39. The molecule has 0 spiro atoms. The van der Waals surface area contributed by atoms with Crippen molar-refractivity contribution in [1.29, 1.82) is 0 Å². The minimum atomic E-state index is -3.18. The van der Waals surface area contributed by atoms with E-state index in [1.54, 1.807) is 12.1 Å². The van der Waals surface area contributed by atoms with Crippen molar-refractivity contribution in [2.45, 2.75) is 31.2 Å². The van der Waals surface area contributed by atoms with Gasteiger partial charge < -0.3 is 5.32 Å². The van der Waals surface area contributed by atoms with Crippen LogP contribution < -0.4 is 5.32 Å².